The Kier molecular flexibility index (Phi) is 1.77. The monoisotopic (exact) mass is 170 g/mol. The van der Waals surface area contributed by atoms with Crippen molar-refractivity contribution >= 4 is 0 Å². The molecule has 4 nitrogen and oxygen atoms in total. The van der Waals surface area contributed by atoms with Crippen LogP contribution in [0.1, 0.15) is 5.56 Å². The Balaban J connectivity index is 2.40. The summed E-state index contributed by atoms with van der Waals surface area (Å²) in [5.74, 6) is 0.761. The van der Waals surface area contributed by atoms with Crippen LogP contribution in [-0.2, 0) is 0 Å². The minimum Gasteiger partial charge on any atom is -0.291 e. The first kappa shape index (κ1) is 7.50. The Labute approximate surface area is 75.1 Å². The number of hydrogen-bond donors (Lipinski definition) is 0. The van der Waals surface area contributed by atoms with Crippen LogP contribution in [0.5, 0.6) is 0 Å². The zero-order valence-corrected chi connectivity index (χ0v) is 6.75. The van der Waals surface area contributed by atoms with Crippen LogP contribution in [0, 0.1) is 11.3 Å². The third-order valence-electron chi connectivity index (χ3n) is 1.65. The van der Waals surface area contributed by atoms with Gasteiger partial charge in [0.2, 0.25) is 0 Å². The average molecular weight is 170 g/mol. The van der Waals surface area contributed by atoms with Gasteiger partial charge in [0.25, 0.3) is 0 Å². The molecule has 0 bridgehead atoms. The first-order valence-electron chi connectivity index (χ1n) is 3.74. The summed E-state index contributed by atoms with van der Waals surface area (Å²) in [6.45, 7) is 0. The lowest BCUT2D eigenvalue weighted by Crippen LogP contribution is -1.93. The van der Waals surface area contributed by atoms with Gasteiger partial charge in [-0.25, -0.2) is 9.97 Å². The Hall–Kier alpha value is -2.15. The van der Waals surface area contributed by atoms with Gasteiger partial charge in [-0.15, -0.1) is 0 Å². The van der Waals surface area contributed by atoms with Gasteiger partial charge in [0.05, 0.1) is 5.56 Å². The highest BCUT2D eigenvalue weighted by atomic mass is 15.1. The van der Waals surface area contributed by atoms with E-state index in [1.807, 2.05) is 6.07 Å². The van der Waals surface area contributed by atoms with Crippen LogP contribution in [-0.4, -0.2) is 14.5 Å². The number of nitrogens with zero attached hydrogens (tertiary/aromatic N) is 4. The van der Waals surface area contributed by atoms with E-state index in [4.69, 9.17) is 5.26 Å². The molecule has 0 spiro atoms. The molecule has 0 aliphatic heterocycles. The first-order valence-corrected chi connectivity index (χ1v) is 3.74. The zero-order valence-electron chi connectivity index (χ0n) is 6.75. The van der Waals surface area contributed by atoms with Crippen LogP contribution in [0.15, 0.2) is 37.1 Å². The fraction of sp³-hybridized carbons (Fsp3) is 0. The molecule has 13 heavy (non-hydrogen) atoms. The predicted molar refractivity (Wildman–Crippen MR) is 46.1 cm³/mol. The summed E-state index contributed by atoms with van der Waals surface area (Å²) < 4.78 is 1.78. The van der Waals surface area contributed by atoms with Crippen molar-refractivity contribution < 1.29 is 0 Å². The highest BCUT2D eigenvalue weighted by Gasteiger charge is 1.95. The molecule has 2 heterocycles. The third kappa shape index (κ3) is 1.40. The lowest BCUT2D eigenvalue weighted by atomic mass is 10.3. The van der Waals surface area contributed by atoms with Crippen molar-refractivity contribution in [3.8, 4) is 11.9 Å². The maximum Gasteiger partial charge on any atom is 0.137 e. The van der Waals surface area contributed by atoms with Crippen molar-refractivity contribution in [2.75, 3.05) is 0 Å². The molecule has 0 fully saturated rings. The third-order valence-corrected chi connectivity index (χ3v) is 1.65. The van der Waals surface area contributed by atoms with Crippen molar-refractivity contribution in [2.45, 2.75) is 0 Å². The van der Waals surface area contributed by atoms with Gasteiger partial charge in [0.1, 0.15) is 18.2 Å². The molecule has 0 unspecified atom stereocenters. The van der Waals surface area contributed by atoms with E-state index in [2.05, 4.69) is 9.97 Å². The van der Waals surface area contributed by atoms with Gasteiger partial charge in [-0.3, -0.25) is 4.57 Å². The summed E-state index contributed by atoms with van der Waals surface area (Å²) in [5.41, 5.74) is 0.559. The fourth-order valence-electron chi connectivity index (χ4n) is 1.000. The fourth-order valence-corrected chi connectivity index (χ4v) is 1.000. The smallest absolute Gasteiger partial charge is 0.137 e. The molecular formula is C9H6N4. The van der Waals surface area contributed by atoms with Crippen molar-refractivity contribution in [2.24, 2.45) is 0 Å². The Bertz CT molecular complexity index is 422. The predicted octanol–water partition coefficient (Wildman–Crippen LogP) is 1.14. The van der Waals surface area contributed by atoms with E-state index in [0.717, 1.165) is 5.82 Å². The van der Waals surface area contributed by atoms with E-state index in [9.17, 15) is 0 Å². The Morgan fingerprint density at radius 3 is 2.85 bits per heavy atom. The highest BCUT2D eigenvalue weighted by Crippen LogP contribution is 2.03. The molecule has 2 aromatic rings. The van der Waals surface area contributed by atoms with Gasteiger partial charge in [-0.2, -0.15) is 5.26 Å². The van der Waals surface area contributed by atoms with E-state index >= 15 is 0 Å². The molecule has 0 saturated carbocycles. The van der Waals surface area contributed by atoms with Gasteiger partial charge < -0.3 is 0 Å². The van der Waals surface area contributed by atoms with Crippen LogP contribution in [0.25, 0.3) is 5.82 Å². The number of rotatable bonds is 1. The second-order valence-corrected chi connectivity index (χ2v) is 2.49. The van der Waals surface area contributed by atoms with Crippen LogP contribution in [0.4, 0.5) is 0 Å². The van der Waals surface area contributed by atoms with E-state index in [0.29, 0.717) is 5.56 Å². The molecule has 0 N–H and O–H groups in total. The number of hydrogen-bond acceptors (Lipinski definition) is 3. The van der Waals surface area contributed by atoms with E-state index in [1.54, 1.807) is 35.4 Å². The topological polar surface area (TPSA) is 54.5 Å². The maximum atomic E-state index is 8.55. The van der Waals surface area contributed by atoms with Gasteiger partial charge in [0.15, 0.2) is 0 Å². The second kappa shape index (κ2) is 3.07. The summed E-state index contributed by atoms with van der Waals surface area (Å²) in [5, 5.41) is 8.55. The SMILES string of the molecule is N#Cc1ccc(-n2ccnc2)nc1. The quantitative estimate of drug-likeness (QED) is 0.644. The summed E-state index contributed by atoms with van der Waals surface area (Å²) in [7, 11) is 0. The van der Waals surface area contributed by atoms with Gasteiger partial charge in [-0.05, 0) is 12.1 Å². The number of imidazole rings is 1. The minimum absolute atomic E-state index is 0.559. The van der Waals surface area contributed by atoms with Crippen molar-refractivity contribution in [1.82, 2.24) is 14.5 Å². The number of aromatic nitrogens is 3. The zero-order chi connectivity index (χ0) is 9.10. The molecule has 2 aromatic heterocycles. The molecule has 4 heteroatoms. The molecule has 0 atom stereocenters. The van der Waals surface area contributed by atoms with Crippen LogP contribution in [0.3, 0.4) is 0 Å². The minimum atomic E-state index is 0.559. The first-order chi connectivity index (χ1) is 6.40. The molecule has 0 aliphatic rings. The Morgan fingerprint density at radius 1 is 1.38 bits per heavy atom. The van der Waals surface area contributed by atoms with E-state index in [-0.39, 0.29) is 0 Å². The van der Waals surface area contributed by atoms with Gasteiger partial charge >= 0.3 is 0 Å². The lowest BCUT2D eigenvalue weighted by molar-refractivity contribution is 0.991. The molecule has 0 saturated heterocycles. The highest BCUT2D eigenvalue weighted by molar-refractivity contribution is 5.31. The van der Waals surface area contributed by atoms with Gasteiger partial charge in [0, 0.05) is 18.6 Å². The molecule has 0 amide bonds. The molecule has 0 radical (unpaired) electrons. The van der Waals surface area contributed by atoms with E-state index in [1.165, 1.54) is 6.20 Å². The molecule has 2 rings (SSSR count). The van der Waals surface area contributed by atoms with Crippen molar-refractivity contribution in [3.63, 3.8) is 0 Å². The lowest BCUT2D eigenvalue weighted by Gasteiger charge is -1.98. The Morgan fingerprint density at radius 2 is 2.31 bits per heavy atom. The summed E-state index contributed by atoms with van der Waals surface area (Å²) in [4.78, 5) is 7.99. The molecule has 62 valence electrons. The van der Waals surface area contributed by atoms with Crippen molar-refractivity contribution in [1.29, 1.82) is 5.26 Å². The number of nitriles is 1. The summed E-state index contributed by atoms with van der Waals surface area (Å²) >= 11 is 0. The van der Waals surface area contributed by atoms with Crippen molar-refractivity contribution in [3.05, 3.63) is 42.6 Å². The standard InChI is InChI=1S/C9H6N4/c10-5-8-1-2-9(12-6-8)13-4-3-11-7-13/h1-4,6-7H. The summed E-state index contributed by atoms with van der Waals surface area (Å²) in [6.07, 6.45) is 6.68. The number of pyridine rings is 1. The van der Waals surface area contributed by atoms with E-state index < -0.39 is 0 Å². The molecule has 0 aliphatic carbocycles. The molecular weight excluding hydrogens is 164 g/mol. The van der Waals surface area contributed by atoms with Gasteiger partial charge in [-0.1, -0.05) is 0 Å². The van der Waals surface area contributed by atoms with Crippen LogP contribution >= 0.6 is 0 Å². The molecule has 0 aromatic carbocycles. The summed E-state index contributed by atoms with van der Waals surface area (Å²) in [6, 6.07) is 5.51. The second-order valence-electron chi connectivity index (χ2n) is 2.49. The van der Waals surface area contributed by atoms with Crippen LogP contribution < -0.4 is 0 Å². The maximum absolute atomic E-state index is 8.55. The largest absolute Gasteiger partial charge is 0.291 e. The average Bonchev–Trinajstić information content (AvgIpc) is 2.71. The normalized spacial score (nSPS) is 9.46. The van der Waals surface area contributed by atoms with Crippen LogP contribution in [0.2, 0.25) is 0 Å².